The molecule has 1 rings (SSSR count). The molecule has 1 saturated heterocycles. The Balaban J connectivity index is 2.13. The molecule has 2 unspecified atom stereocenters. The van der Waals surface area contributed by atoms with Crippen LogP contribution in [0.1, 0.15) is 26.2 Å². The fraction of sp³-hybridized carbons (Fsp3) is 0.833. The summed E-state index contributed by atoms with van der Waals surface area (Å²) in [5, 5.41) is 11.4. The summed E-state index contributed by atoms with van der Waals surface area (Å²) >= 11 is 0. The molecule has 0 aromatic rings. The highest BCUT2D eigenvalue weighted by molar-refractivity contribution is 5.82. The number of rotatable bonds is 6. The van der Waals surface area contributed by atoms with Crippen LogP contribution in [0.5, 0.6) is 0 Å². The number of nitrogens with zero attached hydrogens (tertiary/aromatic N) is 1. The molecule has 5 heteroatoms. The minimum atomic E-state index is -0.926. The van der Waals surface area contributed by atoms with Crippen LogP contribution in [0, 0.1) is 11.8 Å². The summed E-state index contributed by atoms with van der Waals surface area (Å²) in [6, 6.07) is 0. The van der Waals surface area contributed by atoms with Crippen molar-refractivity contribution in [3.05, 3.63) is 0 Å². The van der Waals surface area contributed by atoms with E-state index in [1.807, 2.05) is 0 Å². The summed E-state index contributed by atoms with van der Waals surface area (Å²) in [5.41, 5.74) is 0. The van der Waals surface area contributed by atoms with Gasteiger partial charge in [0.05, 0.1) is 6.42 Å². The van der Waals surface area contributed by atoms with Gasteiger partial charge in [-0.05, 0) is 32.4 Å². The lowest BCUT2D eigenvalue weighted by Crippen LogP contribution is -2.32. The lowest BCUT2D eigenvalue weighted by atomic mass is 10.0. The Labute approximate surface area is 102 Å². The summed E-state index contributed by atoms with van der Waals surface area (Å²) < 4.78 is 0. The lowest BCUT2D eigenvalue weighted by Gasteiger charge is -2.13. The number of carbonyl (C=O) groups is 2. The molecule has 1 fully saturated rings. The number of carboxylic acids is 1. The van der Waals surface area contributed by atoms with E-state index in [0.29, 0.717) is 12.5 Å². The molecule has 1 amide bonds. The third kappa shape index (κ3) is 5.17. The number of aliphatic carboxylic acids is 1. The highest BCUT2D eigenvalue weighted by Crippen LogP contribution is 2.17. The molecule has 0 saturated carbocycles. The number of nitrogens with one attached hydrogen (secondary N) is 1. The van der Waals surface area contributed by atoms with Gasteiger partial charge in [0.15, 0.2) is 0 Å². The highest BCUT2D eigenvalue weighted by atomic mass is 16.4. The molecule has 1 heterocycles. The van der Waals surface area contributed by atoms with E-state index in [-0.39, 0.29) is 12.3 Å². The minimum Gasteiger partial charge on any atom is -0.481 e. The van der Waals surface area contributed by atoms with Crippen molar-refractivity contribution in [1.82, 2.24) is 10.2 Å². The van der Waals surface area contributed by atoms with Crippen molar-refractivity contribution in [3.63, 3.8) is 0 Å². The Hall–Kier alpha value is -1.10. The predicted octanol–water partition coefficient (Wildman–Crippen LogP) is 0.555. The van der Waals surface area contributed by atoms with Gasteiger partial charge < -0.3 is 15.3 Å². The van der Waals surface area contributed by atoms with Crippen LogP contribution in [0.2, 0.25) is 0 Å². The van der Waals surface area contributed by atoms with E-state index < -0.39 is 11.9 Å². The SMILES string of the molecule is CC(CC(=O)O)C(=O)NCCC1CCN(C)C1. The summed E-state index contributed by atoms with van der Waals surface area (Å²) in [6.45, 7) is 4.53. The first-order valence-corrected chi connectivity index (χ1v) is 6.17. The molecule has 1 aliphatic heterocycles. The van der Waals surface area contributed by atoms with Crippen molar-refractivity contribution in [2.45, 2.75) is 26.2 Å². The van der Waals surface area contributed by atoms with Crippen LogP contribution in [-0.2, 0) is 9.59 Å². The van der Waals surface area contributed by atoms with Gasteiger partial charge in [0.2, 0.25) is 5.91 Å². The van der Waals surface area contributed by atoms with Crippen molar-refractivity contribution < 1.29 is 14.7 Å². The number of amides is 1. The molecular weight excluding hydrogens is 220 g/mol. The number of hydrogen-bond acceptors (Lipinski definition) is 3. The Bertz CT molecular complexity index is 281. The fourth-order valence-corrected chi connectivity index (χ4v) is 2.19. The van der Waals surface area contributed by atoms with Crippen molar-refractivity contribution in [2.75, 3.05) is 26.7 Å². The van der Waals surface area contributed by atoms with E-state index in [1.165, 1.54) is 6.42 Å². The summed E-state index contributed by atoms with van der Waals surface area (Å²) in [5.74, 6) is -0.863. The van der Waals surface area contributed by atoms with Crippen molar-refractivity contribution in [1.29, 1.82) is 0 Å². The molecule has 2 N–H and O–H groups in total. The molecule has 1 aliphatic rings. The first kappa shape index (κ1) is 14.0. The fourth-order valence-electron chi connectivity index (χ4n) is 2.19. The maximum absolute atomic E-state index is 11.5. The molecule has 0 aromatic heterocycles. The third-order valence-electron chi connectivity index (χ3n) is 3.27. The topological polar surface area (TPSA) is 69.6 Å². The smallest absolute Gasteiger partial charge is 0.304 e. The maximum Gasteiger partial charge on any atom is 0.304 e. The van der Waals surface area contributed by atoms with Gasteiger partial charge in [-0.25, -0.2) is 0 Å². The predicted molar refractivity (Wildman–Crippen MR) is 64.6 cm³/mol. The quantitative estimate of drug-likeness (QED) is 0.714. The zero-order valence-electron chi connectivity index (χ0n) is 10.6. The van der Waals surface area contributed by atoms with E-state index in [0.717, 1.165) is 19.5 Å². The van der Waals surface area contributed by atoms with E-state index in [1.54, 1.807) is 6.92 Å². The van der Waals surface area contributed by atoms with Gasteiger partial charge in [-0.1, -0.05) is 6.92 Å². The monoisotopic (exact) mass is 242 g/mol. The molecule has 5 nitrogen and oxygen atoms in total. The van der Waals surface area contributed by atoms with Gasteiger partial charge in [-0.15, -0.1) is 0 Å². The second kappa shape index (κ2) is 6.59. The maximum atomic E-state index is 11.5. The highest BCUT2D eigenvalue weighted by Gasteiger charge is 2.20. The average Bonchev–Trinajstić information content (AvgIpc) is 2.63. The Morgan fingerprint density at radius 1 is 1.53 bits per heavy atom. The molecule has 17 heavy (non-hydrogen) atoms. The van der Waals surface area contributed by atoms with Gasteiger partial charge >= 0.3 is 5.97 Å². The first-order chi connectivity index (χ1) is 7.99. The van der Waals surface area contributed by atoms with E-state index in [2.05, 4.69) is 17.3 Å². The Morgan fingerprint density at radius 2 is 2.24 bits per heavy atom. The van der Waals surface area contributed by atoms with Gasteiger partial charge in [-0.3, -0.25) is 9.59 Å². The van der Waals surface area contributed by atoms with Crippen LogP contribution in [0.15, 0.2) is 0 Å². The van der Waals surface area contributed by atoms with Gasteiger partial charge in [0, 0.05) is 19.0 Å². The van der Waals surface area contributed by atoms with Crippen LogP contribution in [0.25, 0.3) is 0 Å². The third-order valence-corrected chi connectivity index (χ3v) is 3.27. The van der Waals surface area contributed by atoms with E-state index >= 15 is 0 Å². The summed E-state index contributed by atoms with van der Waals surface area (Å²) in [6.07, 6.45) is 2.07. The molecule has 0 bridgehead atoms. The normalized spacial score (nSPS) is 22.4. The van der Waals surface area contributed by atoms with E-state index in [9.17, 15) is 9.59 Å². The molecular formula is C12H22N2O3. The minimum absolute atomic E-state index is 0.0992. The van der Waals surface area contributed by atoms with Gasteiger partial charge in [0.1, 0.15) is 0 Å². The van der Waals surface area contributed by atoms with Crippen LogP contribution < -0.4 is 5.32 Å². The van der Waals surface area contributed by atoms with Crippen LogP contribution in [0.3, 0.4) is 0 Å². The second-order valence-corrected chi connectivity index (χ2v) is 5.00. The lowest BCUT2D eigenvalue weighted by molar-refractivity contribution is -0.140. The first-order valence-electron chi connectivity index (χ1n) is 6.17. The van der Waals surface area contributed by atoms with Crippen molar-refractivity contribution >= 4 is 11.9 Å². The molecule has 0 spiro atoms. The van der Waals surface area contributed by atoms with Gasteiger partial charge in [0.25, 0.3) is 0 Å². The Morgan fingerprint density at radius 3 is 2.76 bits per heavy atom. The average molecular weight is 242 g/mol. The second-order valence-electron chi connectivity index (χ2n) is 5.00. The molecule has 98 valence electrons. The molecule has 0 aliphatic carbocycles. The van der Waals surface area contributed by atoms with Crippen molar-refractivity contribution in [3.8, 4) is 0 Å². The zero-order valence-corrected chi connectivity index (χ0v) is 10.6. The van der Waals surface area contributed by atoms with Crippen molar-refractivity contribution in [2.24, 2.45) is 11.8 Å². The molecule has 0 aromatic carbocycles. The van der Waals surface area contributed by atoms with Crippen LogP contribution in [0.4, 0.5) is 0 Å². The van der Waals surface area contributed by atoms with E-state index in [4.69, 9.17) is 5.11 Å². The number of likely N-dealkylation sites (tertiary alicyclic amines) is 1. The Kier molecular flexibility index (Phi) is 5.41. The van der Waals surface area contributed by atoms with Gasteiger partial charge in [-0.2, -0.15) is 0 Å². The van der Waals surface area contributed by atoms with Crippen LogP contribution in [-0.4, -0.2) is 48.6 Å². The number of hydrogen-bond donors (Lipinski definition) is 2. The number of carbonyl (C=O) groups excluding carboxylic acids is 1. The van der Waals surface area contributed by atoms with Crippen LogP contribution >= 0.6 is 0 Å². The summed E-state index contributed by atoms with van der Waals surface area (Å²) in [4.78, 5) is 24.3. The largest absolute Gasteiger partial charge is 0.481 e. The molecule has 0 radical (unpaired) electrons. The zero-order chi connectivity index (χ0) is 12.8. The number of carboxylic acid groups (broad SMARTS) is 1. The molecule has 2 atom stereocenters. The summed E-state index contributed by atoms with van der Waals surface area (Å²) in [7, 11) is 2.10. The standard InChI is InChI=1S/C12H22N2O3/c1-9(7-11(15)16)12(17)13-5-3-10-4-6-14(2)8-10/h9-10H,3-8H2,1-2H3,(H,13,17)(H,15,16).